The molecule has 1 aromatic heterocycles. The van der Waals surface area contributed by atoms with Crippen molar-refractivity contribution in [2.24, 2.45) is 0 Å². The van der Waals surface area contributed by atoms with Gasteiger partial charge in [0.05, 0.1) is 11.0 Å². The van der Waals surface area contributed by atoms with Crippen molar-refractivity contribution in [3.05, 3.63) is 29.6 Å². The van der Waals surface area contributed by atoms with Crippen molar-refractivity contribution < 1.29 is 0 Å². The molecular weight excluding hydrogens is 222 g/mol. The average Bonchev–Trinajstić information content (AvgIpc) is 2.65. The topological polar surface area (TPSA) is 21.1 Å². The number of likely N-dealkylation sites (tertiary alicyclic amines) is 1. The minimum atomic E-state index is 0.619. The van der Waals surface area contributed by atoms with E-state index in [9.17, 15) is 0 Å². The first kappa shape index (κ1) is 11.7. The van der Waals surface area contributed by atoms with Gasteiger partial charge in [-0.1, -0.05) is 6.07 Å². The van der Waals surface area contributed by atoms with Crippen LogP contribution in [0, 0.1) is 13.8 Å². The van der Waals surface area contributed by atoms with E-state index < -0.39 is 0 Å². The number of benzene rings is 1. The average molecular weight is 243 g/mol. The lowest BCUT2D eigenvalue weighted by molar-refractivity contribution is 0.222. The number of nitrogens with zero attached hydrogens (tertiary/aromatic N) is 3. The van der Waals surface area contributed by atoms with Crippen LogP contribution < -0.4 is 0 Å². The van der Waals surface area contributed by atoms with Crippen LogP contribution in [0.15, 0.2) is 18.2 Å². The summed E-state index contributed by atoms with van der Waals surface area (Å²) < 4.78 is 2.45. The summed E-state index contributed by atoms with van der Waals surface area (Å²) in [6.07, 6.45) is 2.47. The third-order valence-electron chi connectivity index (χ3n) is 4.07. The van der Waals surface area contributed by atoms with Crippen LogP contribution >= 0.6 is 0 Å². The van der Waals surface area contributed by atoms with Gasteiger partial charge < -0.3 is 9.47 Å². The molecule has 0 aliphatic carbocycles. The number of hydrogen-bond donors (Lipinski definition) is 0. The van der Waals surface area contributed by atoms with Crippen LogP contribution in [0.3, 0.4) is 0 Å². The second-order valence-electron chi connectivity index (χ2n) is 5.56. The molecule has 0 N–H and O–H groups in total. The molecule has 18 heavy (non-hydrogen) atoms. The first-order chi connectivity index (χ1) is 8.65. The number of rotatable bonds is 1. The molecule has 3 heteroatoms. The second-order valence-corrected chi connectivity index (χ2v) is 5.56. The van der Waals surface area contributed by atoms with Crippen molar-refractivity contribution >= 4 is 11.0 Å². The Morgan fingerprint density at radius 3 is 2.61 bits per heavy atom. The highest BCUT2D eigenvalue weighted by atomic mass is 15.2. The van der Waals surface area contributed by atoms with E-state index >= 15 is 0 Å². The largest absolute Gasteiger partial charge is 0.325 e. The van der Waals surface area contributed by atoms with E-state index in [0.29, 0.717) is 6.04 Å². The van der Waals surface area contributed by atoms with Gasteiger partial charge in [-0.3, -0.25) is 0 Å². The van der Waals surface area contributed by atoms with E-state index in [1.807, 2.05) is 0 Å². The van der Waals surface area contributed by atoms with Crippen molar-refractivity contribution in [3.8, 4) is 0 Å². The zero-order valence-corrected chi connectivity index (χ0v) is 11.5. The molecule has 0 atom stereocenters. The maximum Gasteiger partial charge on any atom is 0.106 e. The highest BCUT2D eigenvalue weighted by Gasteiger charge is 2.21. The van der Waals surface area contributed by atoms with Crippen LogP contribution in [-0.2, 0) is 0 Å². The minimum absolute atomic E-state index is 0.619. The summed E-state index contributed by atoms with van der Waals surface area (Å²) in [7, 11) is 2.21. The fourth-order valence-corrected chi connectivity index (χ4v) is 3.04. The van der Waals surface area contributed by atoms with Crippen LogP contribution in [0.25, 0.3) is 11.0 Å². The lowest BCUT2D eigenvalue weighted by Crippen LogP contribution is -2.31. The van der Waals surface area contributed by atoms with Crippen LogP contribution in [0.5, 0.6) is 0 Å². The van der Waals surface area contributed by atoms with Gasteiger partial charge in [-0.05, 0) is 64.5 Å². The molecule has 3 rings (SSSR count). The summed E-state index contributed by atoms with van der Waals surface area (Å²) in [6.45, 7) is 6.64. The first-order valence-corrected chi connectivity index (χ1v) is 6.79. The molecule has 2 heterocycles. The Kier molecular flexibility index (Phi) is 2.86. The molecule has 0 radical (unpaired) electrons. The minimum Gasteiger partial charge on any atom is -0.325 e. The number of hydrogen-bond acceptors (Lipinski definition) is 2. The Hall–Kier alpha value is -1.35. The van der Waals surface area contributed by atoms with Crippen LogP contribution in [0.4, 0.5) is 0 Å². The number of imidazole rings is 1. The van der Waals surface area contributed by atoms with Crippen molar-refractivity contribution in [3.63, 3.8) is 0 Å². The van der Waals surface area contributed by atoms with Gasteiger partial charge >= 0.3 is 0 Å². The normalized spacial score (nSPS) is 18.6. The van der Waals surface area contributed by atoms with E-state index in [0.717, 1.165) is 11.3 Å². The number of fused-ring (bicyclic) bond motifs is 1. The lowest BCUT2D eigenvalue weighted by atomic mass is 10.0. The third-order valence-corrected chi connectivity index (χ3v) is 4.07. The maximum atomic E-state index is 4.72. The fraction of sp³-hybridized carbons (Fsp3) is 0.533. The smallest absolute Gasteiger partial charge is 0.106 e. The van der Waals surface area contributed by atoms with Crippen molar-refractivity contribution in [2.75, 3.05) is 20.1 Å². The first-order valence-electron chi connectivity index (χ1n) is 6.79. The molecular formula is C15H21N3. The Labute approximate surface area is 108 Å². The Morgan fingerprint density at radius 1 is 1.17 bits per heavy atom. The second kappa shape index (κ2) is 4.39. The fourth-order valence-electron chi connectivity index (χ4n) is 3.04. The molecule has 0 saturated carbocycles. The van der Waals surface area contributed by atoms with Crippen LogP contribution in [0.2, 0.25) is 0 Å². The Bertz CT molecular complexity index is 562. The molecule has 1 aliphatic rings. The van der Waals surface area contributed by atoms with Gasteiger partial charge in [0.15, 0.2) is 0 Å². The lowest BCUT2D eigenvalue weighted by Gasteiger charge is -2.30. The summed E-state index contributed by atoms with van der Waals surface area (Å²) in [4.78, 5) is 7.13. The number of piperidine rings is 1. The summed E-state index contributed by atoms with van der Waals surface area (Å²) in [6, 6.07) is 7.22. The van der Waals surface area contributed by atoms with E-state index in [1.54, 1.807) is 0 Å². The monoisotopic (exact) mass is 243 g/mol. The van der Waals surface area contributed by atoms with Crippen molar-refractivity contribution in [1.82, 2.24) is 14.5 Å². The van der Waals surface area contributed by atoms with Gasteiger partial charge in [0.25, 0.3) is 0 Å². The van der Waals surface area contributed by atoms with E-state index in [1.165, 1.54) is 37.0 Å². The van der Waals surface area contributed by atoms with Gasteiger partial charge in [-0.25, -0.2) is 4.98 Å². The molecule has 3 nitrogen and oxygen atoms in total. The quantitative estimate of drug-likeness (QED) is 0.768. The number of aromatic nitrogens is 2. The van der Waals surface area contributed by atoms with Gasteiger partial charge in [-0.15, -0.1) is 0 Å². The van der Waals surface area contributed by atoms with E-state index in [-0.39, 0.29) is 0 Å². The van der Waals surface area contributed by atoms with Crippen molar-refractivity contribution in [1.29, 1.82) is 0 Å². The van der Waals surface area contributed by atoms with Crippen molar-refractivity contribution in [2.45, 2.75) is 32.7 Å². The molecule has 0 unspecified atom stereocenters. The standard InChI is InChI=1S/C15H21N3/c1-11-4-5-15-14(10-11)16-12(2)18(15)13-6-8-17(3)9-7-13/h4-5,10,13H,6-9H2,1-3H3. The molecule has 1 fully saturated rings. The highest BCUT2D eigenvalue weighted by molar-refractivity contribution is 5.77. The SMILES string of the molecule is Cc1ccc2c(c1)nc(C)n2C1CCN(C)CC1. The molecule has 96 valence electrons. The Balaban J connectivity index is 2.03. The van der Waals surface area contributed by atoms with Crippen LogP contribution in [-0.4, -0.2) is 34.6 Å². The molecule has 1 aliphatic heterocycles. The van der Waals surface area contributed by atoms with Gasteiger partial charge in [0, 0.05) is 6.04 Å². The Morgan fingerprint density at radius 2 is 1.89 bits per heavy atom. The van der Waals surface area contributed by atoms with Crippen LogP contribution in [0.1, 0.15) is 30.3 Å². The predicted octanol–water partition coefficient (Wildman–Crippen LogP) is 2.92. The molecule has 1 aromatic carbocycles. The number of aryl methyl sites for hydroxylation is 2. The molecule has 2 aromatic rings. The van der Waals surface area contributed by atoms with E-state index in [4.69, 9.17) is 4.98 Å². The zero-order valence-electron chi connectivity index (χ0n) is 11.5. The highest BCUT2D eigenvalue weighted by Crippen LogP contribution is 2.28. The molecule has 0 bridgehead atoms. The van der Waals surface area contributed by atoms with Gasteiger partial charge in [-0.2, -0.15) is 0 Å². The van der Waals surface area contributed by atoms with E-state index in [2.05, 4.69) is 48.6 Å². The molecule has 0 spiro atoms. The van der Waals surface area contributed by atoms with Gasteiger partial charge in [0.1, 0.15) is 5.82 Å². The summed E-state index contributed by atoms with van der Waals surface area (Å²) >= 11 is 0. The molecule has 0 amide bonds. The summed E-state index contributed by atoms with van der Waals surface area (Å²) in [5.74, 6) is 1.16. The maximum absolute atomic E-state index is 4.72. The summed E-state index contributed by atoms with van der Waals surface area (Å²) in [5.41, 5.74) is 3.73. The third kappa shape index (κ3) is 1.93. The van der Waals surface area contributed by atoms with Gasteiger partial charge in [0.2, 0.25) is 0 Å². The summed E-state index contributed by atoms with van der Waals surface area (Å²) in [5, 5.41) is 0. The molecule has 1 saturated heterocycles. The predicted molar refractivity (Wildman–Crippen MR) is 75.0 cm³/mol. The zero-order chi connectivity index (χ0) is 12.7.